The van der Waals surface area contributed by atoms with Crippen molar-refractivity contribution >= 4 is 37.5 Å². The van der Waals surface area contributed by atoms with Crippen LogP contribution in [-0.4, -0.2) is 19.3 Å². The summed E-state index contributed by atoms with van der Waals surface area (Å²) < 4.78 is 29.2. The van der Waals surface area contributed by atoms with E-state index in [4.69, 9.17) is 9.88 Å². The number of amides is 1. The number of nitrogens with zero attached hydrogens (tertiary/aromatic N) is 1. The molecule has 0 saturated heterocycles. The van der Waals surface area contributed by atoms with Crippen LogP contribution in [0.15, 0.2) is 76.2 Å². The monoisotopic (exact) mass is 461 g/mol. The number of rotatable bonds is 6. The van der Waals surface area contributed by atoms with Gasteiger partial charge in [0.05, 0.1) is 16.2 Å². The Kier molecular flexibility index (Phi) is 6.08. The lowest BCUT2D eigenvalue weighted by Crippen LogP contribution is -2.16. The third-order valence-corrected chi connectivity index (χ3v) is 5.32. The molecule has 0 radical (unpaired) electrons. The number of benzene rings is 2. The van der Waals surface area contributed by atoms with Crippen molar-refractivity contribution < 1.29 is 17.9 Å². The van der Waals surface area contributed by atoms with E-state index in [0.717, 1.165) is 5.69 Å². The first-order chi connectivity index (χ1) is 13.3. The van der Waals surface area contributed by atoms with E-state index < -0.39 is 15.9 Å². The van der Waals surface area contributed by atoms with E-state index in [1.54, 1.807) is 30.5 Å². The number of aromatic nitrogens is 1. The highest BCUT2D eigenvalue weighted by molar-refractivity contribution is 9.10. The van der Waals surface area contributed by atoms with Gasteiger partial charge in [-0.1, -0.05) is 12.1 Å². The second-order valence-electron chi connectivity index (χ2n) is 5.78. The summed E-state index contributed by atoms with van der Waals surface area (Å²) in [7, 11) is -3.92. The van der Waals surface area contributed by atoms with Gasteiger partial charge in [0.15, 0.2) is 0 Å². The van der Waals surface area contributed by atoms with Crippen LogP contribution in [0.5, 0.6) is 5.75 Å². The molecule has 3 aromatic rings. The highest BCUT2D eigenvalue weighted by Gasteiger charge is 2.16. The number of carbonyl (C=O) groups excluding carboxylic acids is 1. The first-order valence-corrected chi connectivity index (χ1v) is 10.4. The molecule has 1 amide bonds. The molecule has 3 rings (SSSR count). The van der Waals surface area contributed by atoms with Crippen molar-refractivity contribution in [2.45, 2.75) is 11.5 Å². The minimum absolute atomic E-state index is 0.145. The van der Waals surface area contributed by atoms with Crippen molar-refractivity contribution in [3.8, 4) is 5.75 Å². The third-order valence-electron chi connectivity index (χ3n) is 3.72. The molecule has 7 nitrogen and oxygen atoms in total. The number of carbonyl (C=O) groups is 1. The fourth-order valence-corrected chi connectivity index (χ4v) is 3.32. The minimum atomic E-state index is -3.92. The first kappa shape index (κ1) is 20.0. The van der Waals surface area contributed by atoms with Crippen LogP contribution < -0.4 is 15.2 Å². The molecule has 0 aliphatic rings. The van der Waals surface area contributed by atoms with Gasteiger partial charge in [0.25, 0.3) is 5.91 Å². The van der Waals surface area contributed by atoms with Gasteiger partial charge in [0, 0.05) is 22.4 Å². The van der Waals surface area contributed by atoms with Gasteiger partial charge in [-0.15, -0.1) is 0 Å². The molecular formula is C19H16BrN3O4S. The van der Waals surface area contributed by atoms with Crippen LogP contribution in [0.1, 0.15) is 16.1 Å². The van der Waals surface area contributed by atoms with Gasteiger partial charge in [0.2, 0.25) is 10.0 Å². The van der Waals surface area contributed by atoms with E-state index in [1.165, 1.54) is 18.2 Å². The molecule has 9 heteroatoms. The van der Waals surface area contributed by atoms with Crippen molar-refractivity contribution in [2.75, 3.05) is 5.32 Å². The predicted molar refractivity (Wildman–Crippen MR) is 108 cm³/mol. The van der Waals surface area contributed by atoms with Crippen LogP contribution in [0.2, 0.25) is 0 Å². The second-order valence-corrected chi connectivity index (χ2v) is 8.19. The first-order valence-electron chi connectivity index (χ1n) is 8.09. The molecule has 0 saturated carbocycles. The number of sulfonamides is 1. The van der Waals surface area contributed by atoms with Gasteiger partial charge in [-0.05, 0) is 58.4 Å². The topological polar surface area (TPSA) is 111 Å². The van der Waals surface area contributed by atoms with Gasteiger partial charge >= 0.3 is 0 Å². The summed E-state index contributed by atoms with van der Waals surface area (Å²) >= 11 is 3.25. The number of nitrogens with two attached hydrogens (primary N) is 1. The molecule has 0 unspecified atom stereocenters. The number of primary sulfonamides is 1. The Bertz CT molecular complexity index is 1110. The second kappa shape index (κ2) is 8.51. The summed E-state index contributed by atoms with van der Waals surface area (Å²) in [6, 6.07) is 16.4. The Labute approximate surface area is 170 Å². The number of halogens is 1. The molecule has 0 spiro atoms. The minimum Gasteiger partial charge on any atom is -0.487 e. The molecule has 0 aliphatic carbocycles. The molecule has 1 aromatic heterocycles. The Balaban J connectivity index is 1.74. The van der Waals surface area contributed by atoms with E-state index in [-0.39, 0.29) is 10.5 Å². The number of anilines is 1. The molecule has 144 valence electrons. The summed E-state index contributed by atoms with van der Waals surface area (Å²) in [4.78, 5) is 16.6. The van der Waals surface area contributed by atoms with Crippen LogP contribution in [0.4, 0.5) is 5.69 Å². The number of hydrogen-bond acceptors (Lipinski definition) is 5. The Hall–Kier alpha value is -2.75. The quantitative estimate of drug-likeness (QED) is 0.584. The summed E-state index contributed by atoms with van der Waals surface area (Å²) in [5.74, 6) is 0.0695. The maximum absolute atomic E-state index is 12.6. The molecule has 28 heavy (non-hydrogen) atoms. The summed E-state index contributed by atoms with van der Waals surface area (Å²) in [5.41, 5.74) is 1.42. The lowest BCUT2D eigenvalue weighted by Gasteiger charge is -2.10. The molecule has 1 heterocycles. The highest BCUT2D eigenvalue weighted by atomic mass is 79.9. The van der Waals surface area contributed by atoms with E-state index in [2.05, 4.69) is 26.2 Å². The predicted octanol–water partition coefficient (Wildman–Crippen LogP) is 3.32. The zero-order chi connectivity index (χ0) is 20.1. The van der Waals surface area contributed by atoms with Crippen molar-refractivity contribution in [3.05, 3.63) is 82.6 Å². The summed E-state index contributed by atoms with van der Waals surface area (Å²) in [6.45, 7) is 0.292. The number of hydrogen-bond donors (Lipinski definition) is 2. The van der Waals surface area contributed by atoms with E-state index >= 15 is 0 Å². The zero-order valence-electron chi connectivity index (χ0n) is 14.5. The van der Waals surface area contributed by atoms with Crippen LogP contribution in [0, 0.1) is 0 Å². The lowest BCUT2D eigenvalue weighted by atomic mass is 10.2. The van der Waals surface area contributed by atoms with Gasteiger partial charge in [-0.25, -0.2) is 13.6 Å². The molecular weight excluding hydrogens is 446 g/mol. The van der Waals surface area contributed by atoms with Crippen molar-refractivity contribution in [3.63, 3.8) is 0 Å². The standard InChI is InChI=1S/C19H16BrN3O4S/c20-18-8-7-16(28(21,25)26)11-17(18)19(24)23-13-5-3-6-15(10-13)27-12-14-4-1-2-9-22-14/h1-11H,12H2,(H,23,24)(H2,21,25,26). The molecule has 0 aliphatic heterocycles. The zero-order valence-corrected chi connectivity index (χ0v) is 16.9. The summed E-state index contributed by atoms with van der Waals surface area (Å²) in [5, 5.41) is 7.85. The van der Waals surface area contributed by atoms with Gasteiger partial charge in [-0.2, -0.15) is 0 Å². The Morgan fingerprint density at radius 2 is 1.93 bits per heavy atom. The van der Waals surface area contributed by atoms with Crippen LogP contribution >= 0.6 is 15.9 Å². The summed E-state index contributed by atoms with van der Waals surface area (Å²) in [6.07, 6.45) is 1.68. The average molecular weight is 462 g/mol. The normalized spacial score (nSPS) is 11.1. The maximum Gasteiger partial charge on any atom is 0.256 e. The lowest BCUT2D eigenvalue weighted by molar-refractivity contribution is 0.102. The SMILES string of the molecule is NS(=O)(=O)c1ccc(Br)c(C(=O)Nc2cccc(OCc3ccccn3)c2)c1. The van der Waals surface area contributed by atoms with E-state index in [1.807, 2.05) is 18.2 Å². The van der Waals surface area contributed by atoms with Crippen molar-refractivity contribution in [1.29, 1.82) is 0 Å². The van der Waals surface area contributed by atoms with Gasteiger partial charge in [0.1, 0.15) is 12.4 Å². The Morgan fingerprint density at radius 1 is 1.11 bits per heavy atom. The van der Waals surface area contributed by atoms with Crippen LogP contribution in [0.25, 0.3) is 0 Å². The third kappa shape index (κ3) is 5.16. The van der Waals surface area contributed by atoms with Gasteiger partial charge in [-0.3, -0.25) is 9.78 Å². The number of nitrogens with one attached hydrogen (secondary N) is 1. The van der Waals surface area contributed by atoms with Gasteiger partial charge < -0.3 is 10.1 Å². The molecule has 0 atom stereocenters. The average Bonchev–Trinajstić information content (AvgIpc) is 2.67. The molecule has 0 bridgehead atoms. The molecule has 0 fully saturated rings. The Morgan fingerprint density at radius 3 is 2.64 bits per heavy atom. The smallest absolute Gasteiger partial charge is 0.256 e. The van der Waals surface area contributed by atoms with Crippen molar-refractivity contribution in [2.24, 2.45) is 5.14 Å². The largest absolute Gasteiger partial charge is 0.487 e. The van der Waals surface area contributed by atoms with E-state index in [0.29, 0.717) is 22.5 Å². The molecule has 2 aromatic carbocycles. The fourth-order valence-electron chi connectivity index (χ4n) is 2.36. The fraction of sp³-hybridized carbons (Fsp3) is 0.0526. The number of ether oxygens (including phenoxy) is 1. The van der Waals surface area contributed by atoms with Crippen molar-refractivity contribution in [1.82, 2.24) is 4.98 Å². The number of pyridine rings is 1. The maximum atomic E-state index is 12.6. The van der Waals surface area contributed by atoms with E-state index in [9.17, 15) is 13.2 Å². The van der Waals surface area contributed by atoms with Crippen LogP contribution in [-0.2, 0) is 16.6 Å². The molecule has 3 N–H and O–H groups in total. The van der Waals surface area contributed by atoms with Crippen LogP contribution in [0.3, 0.4) is 0 Å². The highest BCUT2D eigenvalue weighted by Crippen LogP contribution is 2.23.